The van der Waals surface area contributed by atoms with Gasteiger partial charge in [-0.2, -0.15) is 0 Å². The summed E-state index contributed by atoms with van der Waals surface area (Å²) in [5.41, 5.74) is 0. The minimum atomic E-state index is 0.0208. The molecule has 0 aromatic heterocycles. The quantitative estimate of drug-likeness (QED) is 0.564. The highest BCUT2D eigenvalue weighted by atomic mass is 16.1. The number of Topliss-reactive ketones (excluding diaryl/α,β-unsaturated/α-hetero) is 2. The molecule has 0 N–H and O–H groups in total. The highest BCUT2D eigenvalue weighted by Crippen LogP contribution is 2.14. The lowest BCUT2D eigenvalue weighted by Gasteiger charge is -2.15. The molecule has 0 aliphatic carbocycles. The van der Waals surface area contributed by atoms with Gasteiger partial charge in [0.05, 0.1) is 0 Å². The van der Waals surface area contributed by atoms with Crippen molar-refractivity contribution in [1.29, 1.82) is 0 Å². The zero-order valence-electron chi connectivity index (χ0n) is 13.1. The third-order valence-corrected chi connectivity index (χ3v) is 2.79. The molecular weight excluding hydrogens is 224 g/mol. The van der Waals surface area contributed by atoms with Gasteiger partial charge in [-0.05, 0) is 18.8 Å². The van der Waals surface area contributed by atoms with Gasteiger partial charge in [0.25, 0.3) is 0 Å². The molecule has 0 rings (SSSR count). The maximum Gasteiger partial charge on any atom is 0.207 e. The van der Waals surface area contributed by atoms with Crippen molar-refractivity contribution in [2.24, 2.45) is 23.7 Å². The number of hydrogen-bond donors (Lipinski definition) is 0. The van der Waals surface area contributed by atoms with E-state index >= 15 is 0 Å². The topological polar surface area (TPSA) is 34.1 Å². The largest absolute Gasteiger partial charge is 0.299 e. The molecule has 0 aromatic carbocycles. The van der Waals surface area contributed by atoms with Crippen molar-refractivity contribution in [2.75, 3.05) is 0 Å². The molecule has 0 aliphatic rings. The van der Waals surface area contributed by atoms with Crippen molar-refractivity contribution in [3.63, 3.8) is 0 Å². The van der Waals surface area contributed by atoms with E-state index in [1.807, 2.05) is 34.6 Å². The number of carbonyl (C=O) groups excluding carboxylic acids is 2. The first-order valence-corrected chi connectivity index (χ1v) is 6.65. The van der Waals surface area contributed by atoms with Gasteiger partial charge in [0.1, 0.15) is 5.78 Å². The minimum Gasteiger partial charge on any atom is -0.299 e. The van der Waals surface area contributed by atoms with Gasteiger partial charge in [0.2, 0.25) is 5.78 Å². The second-order valence-corrected chi connectivity index (χ2v) is 5.48. The minimum absolute atomic E-state index is 0.0208. The molecular formula is C16H28O2. The molecule has 1 atom stereocenters. The van der Waals surface area contributed by atoms with E-state index in [2.05, 4.69) is 25.7 Å². The first kappa shape index (κ1) is 19.2. The van der Waals surface area contributed by atoms with Crippen LogP contribution in [0.15, 0.2) is 0 Å². The Morgan fingerprint density at radius 3 is 1.39 bits per heavy atom. The third-order valence-electron chi connectivity index (χ3n) is 2.79. The Bertz CT molecular complexity index is 314. The van der Waals surface area contributed by atoms with Gasteiger partial charge in [-0.1, -0.05) is 54.4 Å². The Labute approximate surface area is 113 Å². The van der Waals surface area contributed by atoms with Crippen molar-refractivity contribution in [2.45, 2.75) is 55.4 Å². The Balaban J connectivity index is 0. The summed E-state index contributed by atoms with van der Waals surface area (Å²) in [6.07, 6.45) is 0. The smallest absolute Gasteiger partial charge is 0.207 e. The Morgan fingerprint density at radius 1 is 0.833 bits per heavy atom. The van der Waals surface area contributed by atoms with Crippen LogP contribution < -0.4 is 0 Å². The van der Waals surface area contributed by atoms with Gasteiger partial charge in [-0.15, -0.1) is 0 Å². The first-order chi connectivity index (χ1) is 8.14. The van der Waals surface area contributed by atoms with E-state index in [0.717, 1.165) is 0 Å². The molecule has 0 saturated carbocycles. The van der Waals surface area contributed by atoms with Crippen LogP contribution in [-0.4, -0.2) is 11.6 Å². The predicted molar refractivity (Wildman–Crippen MR) is 77.1 cm³/mol. The van der Waals surface area contributed by atoms with Gasteiger partial charge < -0.3 is 0 Å². The van der Waals surface area contributed by atoms with Crippen molar-refractivity contribution in [1.82, 2.24) is 0 Å². The summed E-state index contributed by atoms with van der Waals surface area (Å²) in [5, 5.41) is 0. The summed E-state index contributed by atoms with van der Waals surface area (Å²) >= 11 is 0. The van der Waals surface area contributed by atoms with Crippen LogP contribution in [0.2, 0.25) is 0 Å². The van der Waals surface area contributed by atoms with Crippen LogP contribution in [-0.2, 0) is 9.59 Å². The fourth-order valence-electron chi connectivity index (χ4n) is 1.12. The maximum absolute atomic E-state index is 11.3. The van der Waals surface area contributed by atoms with Crippen molar-refractivity contribution in [3.05, 3.63) is 0 Å². The normalized spacial score (nSPS) is 11.5. The number of rotatable bonds is 4. The molecule has 0 spiro atoms. The molecule has 104 valence electrons. The maximum atomic E-state index is 11.3. The summed E-state index contributed by atoms with van der Waals surface area (Å²) in [6, 6.07) is 0. The van der Waals surface area contributed by atoms with Crippen molar-refractivity contribution >= 4 is 11.6 Å². The fraction of sp³-hybridized carbons (Fsp3) is 0.750. The fourth-order valence-corrected chi connectivity index (χ4v) is 1.12. The summed E-state index contributed by atoms with van der Waals surface area (Å²) < 4.78 is 0. The van der Waals surface area contributed by atoms with Crippen LogP contribution >= 0.6 is 0 Å². The van der Waals surface area contributed by atoms with Crippen LogP contribution in [0.3, 0.4) is 0 Å². The average Bonchev–Trinajstić information content (AvgIpc) is 2.27. The Hall–Kier alpha value is -1.10. The van der Waals surface area contributed by atoms with Gasteiger partial charge in [0, 0.05) is 17.8 Å². The van der Waals surface area contributed by atoms with Crippen LogP contribution in [0, 0.1) is 35.5 Å². The van der Waals surface area contributed by atoms with E-state index in [4.69, 9.17) is 0 Å². The van der Waals surface area contributed by atoms with E-state index in [-0.39, 0.29) is 23.5 Å². The lowest BCUT2D eigenvalue weighted by molar-refractivity contribution is -0.126. The van der Waals surface area contributed by atoms with E-state index < -0.39 is 0 Å². The number of ketones is 2. The van der Waals surface area contributed by atoms with Crippen molar-refractivity contribution < 1.29 is 9.59 Å². The van der Waals surface area contributed by atoms with Crippen LogP contribution in [0.25, 0.3) is 0 Å². The molecule has 0 amide bonds. The molecule has 0 aromatic rings. The van der Waals surface area contributed by atoms with Gasteiger partial charge in [0.15, 0.2) is 0 Å². The van der Waals surface area contributed by atoms with Crippen LogP contribution in [0.4, 0.5) is 0 Å². The van der Waals surface area contributed by atoms with Gasteiger partial charge >= 0.3 is 0 Å². The Morgan fingerprint density at radius 2 is 1.28 bits per heavy atom. The van der Waals surface area contributed by atoms with Gasteiger partial charge in [-0.25, -0.2) is 0 Å². The molecule has 0 aliphatic heterocycles. The van der Waals surface area contributed by atoms with E-state index in [0.29, 0.717) is 11.7 Å². The number of carbonyl (C=O) groups is 2. The molecule has 2 heteroatoms. The average molecular weight is 252 g/mol. The van der Waals surface area contributed by atoms with Crippen LogP contribution in [0.5, 0.6) is 0 Å². The highest BCUT2D eigenvalue weighted by Gasteiger charge is 2.18. The monoisotopic (exact) mass is 252 g/mol. The molecule has 2 nitrogen and oxygen atoms in total. The zero-order valence-corrected chi connectivity index (χ0v) is 13.1. The second kappa shape index (κ2) is 9.88. The third kappa shape index (κ3) is 8.98. The molecule has 0 bridgehead atoms. The molecule has 18 heavy (non-hydrogen) atoms. The summed E-state index contributed by atoms with van der Waals surface area (Å²) in [4.78, 5) is 21.9. The van der Waals surface area contributed by atoms with E-state index in [9.17, 15) is 9.59 Å². The van der Waals surface area contributed by atoms with Gasteiger partial charge in [-0.3, -0.25) is 9.59 Å². The Kier molecular flexibility index (Phi) is 10.6. The zero-order chi connectivity index (χ0) is 14.9. The molecule has 0 radical (unpaired) electrons. The molecule has 0 saturated heterocycles. The molecule has 0 heterocycles. The van der Waals surface area contributed by atoms with E-state index in [1.165, 1.54) is 0 Å². The summed E-state index contributed by atoms with van der Waals surface area (Å²) in [6.45, 7) is 15.4. The molecule has 0 fully saturated rings. The van der Waals surface area contributed by atoms with Crippen molar-refractivity contribution in [3.8, 4) is 11.8 Å². The van der Waals surface area contributed by atoms with E-state index in [1.54, 1.807) is 6.92 Å². The summed E-state index contributed by atoms with van der Waals surface area (Å²) in [5.74, 6) is 6.36. The lowest BCUT2D eigenvalue weighted by atomic mass is 9.88. The predicted octanol–water partition coefficient (Wildman–Crippen LogP) is 3.74. The lowest BCUT2D eigenvalue weighted by Crippen LogP contribution is -2.21. The number of hydrogen-bond acceptors (Lipinski definition) is 2. The second-order valence-electron chi connectivity index (χ2n) is 5.48. The summed E-state index contributed by atoms with van der Waals surface area (Å²) in [7, 11) is 0. The SMILES string of the molecule is CC#CC(=O)C(C)C.CC(C)C(=O)C(C)C(C)C. The van der Waals surface area contributed by atoms with Crippen LogP contribution in [0.1, 0.15) is 55.4 Å². The standard InChI is InChI=1S/C9H18O.C7H10O/c1-6(2)8(5)9(10)7(3)4;1-4-5-7(8)6(2)3/h6-8H,1-5H3;6H,1-3H3. The highest BCUT2D eigenvalue weighted by molar-refractivity contribution is 5.96. The first-order valence-electron chi connectivity index (χ1n) is 6.65. The molecule has 1 unspecified atom stereocenters.